The predicted molar refractivity (Wildman–Crippen MR) is 142 cm³/mol. The summed E-state index contributed by atoms with van der Waals surface area (Å²) in [7, 11) is 0. The zero-order chi connectivity index (χ0) is 27.8. The lowest BCUT2D eigenvalue weighted by Gasteiger charge is -2.47. The van der Waals surface area contributed by atoms with E-state index in [1.165, 1.54) is 12.1 Å². The summed E-state index contributed by atoms with van der Waals surface area (Å²) in [5.74, 6) is 1.34. The Labute approximate surface area is 228 Å². The highest BCUT2D eigenvalue weighted by Crippen LogP contribution is 2.31. The van der Waals surface area contributed by atoms with Crippen LogP contribution in [0.5, 0.6) is 5.75 Å². The Balaban J connectivity index is 1.12. The van der Waals surface area contributed by atoms with Crippen LogP contribution in [0.3, 0.4) is 0 Å². The molecule has 4 aromatic rings. The normalized spacial score (nSPS) is 17.5. The second-order valence-corrected chi connectivity index (χ2v) is 11.6. The number of nitrogens with zero attached hydrogens (tertiary/aromatic N) is 5. The van der Waals surface area contributed by atoms with Gasteiger partial charge in [0.2, 0.25) is 0 Å². The Morgan fingerprint density at radius 3 is 2.62 bits per heavy atom. The summed E-state index contributed by atoms with van der Waals surface area (Å²) < 4.78 is 50.7. The molecular weight excluding hydrogens is 531 g/mol. The minimum absolute atomic E-state index is 0.181. The molecule has 1 atom stereocenters. The molecule has 208 valence electrons. The highest BCUT2D eigenvalue weighted by molar-refractivity contribution is 7.18. The number of aromatic nitrogens is 3. The number of β-amino-alcohol motifs (C(OH)–C–C–N with tert-alkyl or cyclic N) is 1. The first-order chi connectivity index (χ1) is 18.5. The van der Waals surface area contributed by atoms with Crippen molar-refractivity contribution in [3.8, 4) is 17.2 Å². The van der Waals surface area contributed by atoms with Crippen molar-refractivity contribution in [1.82, 2.24) is 24.9 Å². The number of rotatable bonds is 8. The van der Waals surface area contributed by atoms with Gasteiger partial charge in [-0.25, -0.2) is 4.98 Å². The maximum absolute atomic E-state index is 12.8. The minimum atomic E-state index is -4.40. The topological polar surface area (TPSA) is 87.8 Å². The molecule has 1 saturated heterocycles. The van der Waals surface area contributed by atoms with E-state index in [-0.39, 0.29) is 18.0 Å². The lowest BCUT2D eigenvalue weighted by molar-refractivity contribution is -0.137. The largest absolute Gasteiger partial charge is 0.491 e. The molecule has 3 heterocycles. The third-order valence-corrected chi connectivity index (χ3v) is 7.74. The van der Waals surface area contributed by atoms with Crippen LogP contribution in [0.4, 0.5) is 13.2 Å². The van der Waals surface area contributed by atoms with Crippen molar-refractivity contribution in [2.24, 2.45) is 0 Å². The third kappa shape index (κ3) is 6.57. The molecule has 0 aliphatic carbocycles. The van der Waals surface area contributed by atoms with Crippen LogP contribution in [-0.2, 0) is 12.7 Å². The summed E-state index contributed by atoms with van der Waals surface area (Å²) in [5.41, 5.74) is 0.380. The van der Waals surface area contributed by atoms with Gasteiger partial charge in [0.05, 0.1) is 27.3 Å². The summed E-state index contributed by atoms with van der Waals surface area (Å²) >= 11 is 1.64. The van der Waals surface area contributed by atoms with E-state index in [1.807, 2.05) is 25.1 Å². The van der Waals surface area contributed by atoms with Crippen LogP contribution in [-0.4, -0.2) is 74.5 Å². The van der Waals surface area contributed by atoms with Crippen LogP contribution in [0.1, 0.15) is 30.2 Å². The average molecular weight is 562 g/mol. The van der Waals surface area contributed by atoms with Crippen molar-refractivity contribution >= 4 is 21.6 Å². The zero-order valence-electron chi connectivity index (χ0n) is 21.9. The minimum Gasteiger partial charge on any atom is -0.491 e. The molecule has 1 aliphatic heterocycles. The van der Waals surface area contributed by atoms with Crippen molar-refractivity contribution in [3.05, 3.63) is 58.9 Å². The van der Waals surface area contributed by atoms with Gasteiger partial charge in [-0.15, -0.1) is 11.3 Å². The summed E-state index contributed by atoms with van der Waals surface area (Å²) in [6, 6.07) is 10.4. The molecule has 12 heteroatoms. The Morgan fingerprint density at radius 2 is 1.90 bits per heavy atom. The molecule has 5 rings (SSSR count). The van der Waals surface area contributed by atoms with E-state index in [0.717, 1.165) is 40.4 Å². The number of aliphatic hydroxyl groups excluding tert-OH is 1. The summed E-state index contributed by atoms with van der Waals surface area (Å²) in [6.07, 6.45) is -5.06. The highest BCUT2D eigenvalue weighted by atomic mass is 32.1. The van der Waals surface area contributed by atoms with Crippen LogP contribution in [0.25, 0.3) is 21.7 Å². The van der Waals surface area contributed by atoms with Crippen molar-refractivity contribution < 1.29 is 27.5 Å². The Kier molecular flexibility index (Phi) is 7.64. The number of alkyl halides is 3. The maximum Gasteiger partial charge on any atom is 0.416 e. The number of hydrogen-bond donors (Lipinski definition) is 1. The summed E-state index contributed by atoms with van der Waals surface area (Å²) in [4.78, 5) is 13.3. The second-order valence-electron chi connectivity index (χ2n) is 10.4. The standard InChI is InChI=1S/C27H30F3N5O3S/c1-17-31-22-12-21(8-9-23(22)39-17)37-15-20(36)13-35-11-10-34(16-26(35,2)3)14-24-32-25(38-33-24)18-4-6-19(7-5-18)27(28,29)30/h4-9,12,20,36H,10-11,13-16H2,1-3H3/t20-/m0/s1. The highest BCUT2D eigenvalue weighted by Gasteiger charge is 2.35. The van der Waals surface area contributed by atoms with E-state index >= 15 is 0 Å². The molecule has 39 heavy (non-hydrogen) atoms. The molecule has 0 unspecified atom stereocenters. The number of hydrogen-bond acceptors (Lipinski definition) is 9. The fourth-order valence-corrected chi connectivity index (χ4v) is 5.62. The maximum atomic E-state index is 12.8. The lowest BCUT2D eigenvalue weighted by atomic mass is 9.98. The molecule has 0 amide bonds. The molecule has 0 spiro atoms. The molecule has 0 saturated carbocycles. The fourth-order valence-electron chi connectivity index (χ4n) is 4.81. The van der Waals surface area contributed by atoms with Crippen LogP contribution >= 0.6 is 11.3 Å². The number of aryl methyl sites for hydroxylation is 1. The molecule has 1 aliphatic rings. The molecule has 1 fully saturated rings. The zero-order valence-corrected chi connectivity index (χ0v) is 22.7. The van der Waals surface area contributed by atoms with Gasteiger partial charge in [0.25, 0.3) is 5.89 Å². The van der Waals surface area contributed by atoms with Gasteiger partial charge in [-0.1, -0.05) is 5.16 Å². The lowest BCUT2D eigenvalue weighted by Crippen LogP contribution is -2.60. The predicted octanol–water partition coefficient (Wildman–Crippen LogP) is 5.01. The molecule has 1 N–H and O–H groups in total. The van der Waals surface area contributed by atoms with Crippen LogP contribution in [0.15, 0.2) is 47.0 Å². The Bertz CT molecular complexity index is 1420. The van der Waals surface area contributed by atoms with Crippen LogP contribution < -0.4 is 4.74 Å². The smallest absolute Gasteiger partial charge is 0.416 e. The van der Waals surface area contributed by atoms with Crippen LogP contribution in [0, 0.1) is 6.92 Å². The molecule has 2 aromatic heterocycles. The Morgan fingerprint density at radius 1 is 1.13 bits per heavy atom. The van der Waals surface area contributed by atoms with Crippen LogP contribution in [0.2, 0.25) is 0 Å². The van der Waals surface area contributed by atoms with Crippen molar-refractivity contribution in [3.63, 3.8) is 0 Å². The number of ether oxygens (including phenoxy) is 1. The van der Waals surface area contributed by atoms with E-state index in [9.17, 15) is 18.3 Å². The number of fused-ring (bicyclic) bond motifs is 1. The molecule has 0 radical (unpaired) electrons. The second kappa shape index (κ2) is 10.8. The number of thiazole rings is 1. The van der Waals surface area contributed by atoms with Gasteiger partial charge in [0, 0.05) is 43.3 Å². The molecule has 0 bridgehead atoms. The van der Waals surface area contributed by atoms with Gasteiger partial charge in [0.15, 0.2) is 5.82 Å². The first-order valence-electron chi connectivity index (χ1n) is 12.6. The average Bonchev–Trinajstić information content (AvgIpc) is 3.49. The van der Waals surface area contributed by atoms with Crippen molar-refractivity contribution in [2.45, 2.75) is 45.1 Å². The van der Waals surface area contributed by atoms with Crippen molar-refractivity contribution in [2.75, 3.05) is 32.8 Å². The number of aliphatic hydroxyl groups is 1. The fraction of sp³-hybridized carbons (Fsp3) is 0.444. The van der Waals surface area contributed by atoms with Gasteiger partial charge < -0.3 is 14.4 Å². The van der Waals surface area contributed by atoms with Gasteiger partial charge in [0.1, 0.15) is 18.5 Å². The third-order valence-electron chi connectivity index (χ3n) is 6.78. The number of benzene rings is 2. The monoisotopic (exact) mass is 561 g/mol. The molecular formula is C27H30F3N5O3S. The van der Waals surface area contributed by atoms with Crippen molar-refractivity contribution in [1.29, 1.82) is 0 Å². The first kappa shape index (κ1) is 27.5. The van der Waals surface area contributed by atoms with Gasteiger partial charge in [-0.3, -0.25) is 9.80 Å². The Hall–Kier alpha value is -3.06. The van der Waals surface area contributed by atoms with Gasteiger partial charge >= 0.3 is 6.18 Å². The molecule has 2 aromatic carbocycles. The molecule has 8 nitrogen and oxygen atoms in total. The van der Waals surface area contributed by atoms with E-state index in [0.29, 0.717) is 36.8 Å². The van der Waals surface area contributed by atoms with Gasteiger partial charge in [-0.2, -0.15) is 18.2 Å². The van der Waals surface area contributed by atoms with E-state index in [4.69, 9.17) is 9.26 Å². The van der Waals surface area contributed by atoms with Gasteiger partial charge in [-0.05, 0) is 57.2 Å². The first-order valence-corrected chi connectivity index (χ1v) is 13.4. The number of piperazine rings is 1. The summed E-state index contributed by atoms with van der Waals surface area (Å²) in [5, 5.41) is 15.7. The summed E-state index contributed by atoms with van der Waals surface area (Å²) in [6.45, 7) is 9.50. The van der Waals surface area contributed by atoms with E-state index < -0.39 is 17.8 Å². The number of halogens is 3. The SMILES string of the molecule is Cc1nc2cc(OC[C@@H](O)CN3CCN(Cc4noc(-c5ccc(C(F)(F)F)cc5)n4)CC3(C)C)ccc2s1. The van der Waals surface area contributed by atoms with E-state index in [2.05, 4.69) is 38.8 Å². The van der Waals surface area contributed by atoms with E-state index in [1.54, 1.807) is 11.3 Å². The quantitative estimate of drug-likeness (QED) is 0.321.